The SMILES string of the molecule is NCCCC[C@H](NC(=O)[C@H](Cc1c[nH]c2ccccc12)NC(=O)[C@@H]1CCCN1)C(=O)O. The number of benzene rings is 1. The largest absolute Gasteiger partial charge is 0.480 e. The van der Waals surface area contributed by atoms with E-state index in [0.717, 1.165) is 29.4 Å². The number of rotatable bonds is 11. The lowest BCUT2D eigenvalue weighted by Crippen LogP contribution is -2.55. The van der Waals surface area contributed by atoms with Crippen molar-refractivity contribution in [3.8, 4) is 0 Å². The zero-order chi connectivity index (χ0) is 22.2. The number of carboxylic acid groups (broad SMARTS) is 1. The predicted octanol–water partition coefficient (Wildman–Crippen LogP) is 0.646. The predicted molar refractivity (Wildman–Crippen MR) is 117 cm³/mol. The van der Waals surface area contributed by atoms with Crippen molar-refractivity contribution in [3.05, 3.63) is 36.0 Å². The Labute approximate surface area is 181 Å². The first-order valence-electron chi connectivity index (χ1n) is 10.8. The number of para-hydroxylation sites is 1. The highest BCUT2D eigenvalue weighted by molar-refractivity contribution is 5.93. The van der Waals surface area contributed by atoms with E-state index < -0.39 is 24.0 Å². The van der Waals surface area contributed by atoms with E-state index in [1.54, 1.807) is 0 Å². The Balaban J connectivity index is 1.75. The Morgan fingerprint density at radius 2 is 1.97 bits per heavy atom. The molecule has 1 aliphatic heterocycles. The minimum absolute atomic E-state index is 0.243. The van der Waals surface area contributed by atoms with E-state index >= 15 is 0 Å². The quantitative estimate of drug-likeness (QED) is 0.289. The molecular weight excluding hydrogens is 398 g/mol. The van der Waals surface area contributed by atoms with Crippen molar-refractivity contribution in [3.63, 3.8) is 0 Å². The molecule has 1 aromatic heterocycles. The van der Waals surface area contributed by atoms with E-state index in [9.17, 15) is 19.5 Å². The molecule has 31 heavy (non-hydrogen) atoms. The van der Waals surface area contributed by atoms with Gasteiger partial charge in [0.15, 0.2) is 0 Å². The monoisotopic (exact) mass is 429 g/mol. The van der Waals surface area contributed by atoms with Crippen LogP contribution in [0.15, 0.2) is 30.5 Å². The molecule has 1 aromatic carbocycles. The molecule has 1 aliphatic rings. The summed E-state index contributed by atoms with van der Waals surface area (Å²) >= 11 is 0. The number of aliphatic carboxylic acids is 1. The van der Waals surface area contributed by atoms with E-state index in [2.05, 4.69) is 20.9 Å². The number of amides is 2. The number of aromatic nitrogens is 1. The highest BCUT2D eigenvalue weighted by atomic mass is 16.4. The third-order valence-electron chi connectivity index (χ3n) is 5.67. The molecule has 0 bridgehead atoms. The summed E-state index contributed by atoms with van der Waals surface area (Å²) in [7, 11) is 0. The van der Waals surface area contributed by atoms with Crippen LogP contribution in [0.25, 0.3) is 10.9 Å². The van der Waals surface area contributed by atoms with Gasteiger partial charge in [-0.15, -0.1) is 0 Å². The number of H-pyrrole nitrogens is 1. The number of aromatic amines is 1. The van der Waals surface area contributed by atoms with E-state index in [1.807, 2.05) is 30.5 Å². The standard InChI is InChI=1S/C22H31N5O4/c23-10-4-3-8-18(22(30)31)26-21(29)19(27-20(28)17-9-5-11-24-17)12-14-13-25-16-7-2-1-6-15(14)16/h1-2,6-7,13,17-19,24-25H,3-5,8-12,23H2,(H,26,29)(H,27,28)(H,30,31)/t17-,18-,19-/m0/s1. The number of carbonyl (C=O) groups excluding carboxylic acids is 2. The molecule has 9 heteroatoms. The summed E-state index contributed by atoms with van der Waals surface area (Å²) in [5, 5.41) is 19.0. The average Bonchev–Trinajstić information content (AvgIpc) is 3.43. The maximum atomic E-state index is 13.1. The van der Waals surface area contributed by atoms with Crippen LogP contribution in [0.3, 0.4) is 0 Å². The van der Waals surface area contributed by atoms with Gasteiger partial charge >= 0.3 is 5.97 Å². The topological polar surface area (TPSA) is 149 Å². The Kier molecular flexibility index (Phi) is 8.02. The number of hydrogen-bond donors (Lipinski definition) is 6. The van der Waals surface area contributed by atoms with Crippen LogP contribution in [0.2, 0.25) is 0 Å². The molecule has 1 saturated heterocycles. The summed E-state index contributed by atoms with van der Waals surface area (Å²) in [4.78, 5) is 40.5. The molecule has 2 aromatic rings. The third kappa shape index (κ3) is 6.05. The van der Waals surface area contributed by atoms with Crippen molar-refractivity contribution in [1.82, 2.24) is 20.9 Å². The molecular formula is C22H31N5O4. The van der Waals surface area contributed by atoms with Crippen LogP contribution in [-0.4, -0.2) is 59.1 Å². The van der Waals surface area contributed by atoms with Gasteiger partial charge in [0.1, 0.15) is 12.1 Å². The van der Waals surface area contributed by atoms with E-state index in [0.29, 0.717) is 25.8 Å². The minimum Gasteiger partial charge on any atom is -0.480 e. The van der Waals surface area contributed by atoms with Crippen molar-refractivity contribution in [2.75, 3.05) is 13.1 Å². The lowest BCUT2D eigenvalue weighted by molar-refractivity contribution is -0.142. The fourth-order valence-corrected chi connectivity index (χ4v) is 3.93. The molecule has 0 saturated carbocycles. The zero-order valence-electron chi connectivity index (χ0n) is 17.5. The molecule has 7 N–H and O–H groups in total. The van der Waals surface area contributed by atoms with E-state index in [1.165, 1.54) is 0 Å². The number of carbonyl (C=O) groups is 3. The molecule has 3 rings (SSSR count). The van der Waals surface area contributed by atoms with Gasteiger partial charge in [-0.2, -0.15) is 0 Å². The van der Waals surface area contributed by atoms with Crippen LogP contribution >= 0.6 is 0 Å². The zero-order valence-corrected chi connectivity index (χ0v) is 17.5. The van der Waals surface area contributed by atoms with Gasteiger partial charge in [0.2, 0.25) is 11.8 Å². The molecule has 0 spiro atoms. The van der Waals surface area contributed by atoms with Gasteiger partial charge in [-0.3, -0.25) is 9.59 Å². The summed E-state index contributed by atoms with van der Waals surface area (Å²) in [5.74, 6) is -1.84. The van der Waals surface area contributed by atoms with Crippen molar-refractivity contribution < 1.29 is 19.5 Å². The van der Waals surface area contributed by atoms with Gasteiger partial charge in [0.25, 0.3) is 0 Å². The van der Waals surface area contributed by atoms with Gasteiger partial charge < -0.3 is 31.8 Å². The molecule has 0 aliphatic carbocycles. The Bertz CT molecular complexity index is 906. The smallest absolute Gasteiger partial charge is 0.326 e. The summed E-state index contributed by atoms with van der Waals surface area (Å²) in [5.41, 5.74) is 7.30. The normalized spacial score (nSPS) is 17.9. The third-order valence-corrected chi connectivity index (χ3v) is 5.67. The lowest BCUT2D eigenvalue weighted by Gasteiger charge is -2.23. The second kappa shape index (κ2) is 10.9. The van der Waals surface area contributed by atoms with Crippen LogP contribution < -0.4 is 21.7 Å². The first-order chi connectivity index (χ1) is 15.0. The molecule has 0 unspecified atom stereocenters. The van der Waals surface area contributed by atoms with Crippen molar-refractivity contribution in [2.24, 2.45) is 5.73 Å². The van der Waals surface area contributed by atoms with Crippen LogP contribution in [0, 0.1) is 0 Å². The molecule has 3 atom stereocenters. The van der Waals surface area contributed by atoms with Crippen molar-refractivity contribution in [1.29, 1.82) is 0 Å². The second-order valence-corrected chi connectivity index (χ2v) is 7.96. The first kappa shape index (κ1) is 22.8. The van der Waals surface area contributed by atoms with Crippen molar-refractivity contribution in [2.45, 2.75) is 56.7 Å². The second-order valence-electron chi connectivity index (χ2n) is 7.96. The van der Waals surface area contributed by atoms with Gasteiger partial charge in [-0.1, -0.05) is 18.2 Å². The Morgan fingerprint density at radius 1 is 1.16 bits per heavy atom. The van der Waals surface area contributed by atoms with Gasteiger partial charge in [0.05, 0.1) is 6.04 Å². The molecule has 9 nitrogen and oxygen atoms in total. The number of nitrogens with two attached hydrogens (primary N) is 1. The number of hydrogen-bond acceptors (Lipinski definition) is 5. The molecule has 0 radical (unpaired) electrons. The van der Waals surface area contributed by atoms with E-state index in [-0.39, 0.29) is 24.8 Å². The van der Waals surface area contributed by atoms with Crippen LogP contribution in [-0.2, 0) is 20.8 Å². The highest BCUT2D eigenvalue weighted by Crippen LogP contribution is 2.19. The maximum Gasteiger partial charge on any atom is 0.326 e. The Morgan fingerprint density at radius 3 is 2.68 bits per heavy atom. The summed E-state index contributed by atoms with van der Waals surface area (Å²) in [6.07, 6.45) is 5.26. The number of fused-ring (bicyclic) bond motifs is 1. The summed E-state index contributed by atoms with van der Waals surface area (Å²) in [6.45, 7) is 1.23. The molecule has 168 valence electrons. The number of carboxylic acids is 1. The fourth-order valence-electron chi connectivity index (χ4n) is 3.93. The lowest BCUT2D eigenvalue weighted by atomic mass is 10.0. The number of nitrogens with one attached hydrogen (secondary N) is 4. The van der Waals surface area contributed by atoms with Gasteiger partial charge in [-0.25, -0.2) is 4.79 Å². The first-order valence-corrected chi connectivity index (χ1v) is 10.8. The molecule has 2 amide bonds. The fraction of sp³-hybridized carbons (Fsp3) is 0.500. The summed E-state index contributed by atoms with van der Waals surface area (Å²) < 4.78 is 0. The van der Waals surface area contributed by atoms with Crippen LogP contribution in [0.4, 0.5) is 0 Å². The van der Waals surface area contributed by atoms with Crippen LogP contribution in [0.5, 0.6) is 0 Å². The molecule has 2 heterocycles. The minimum atomic E-state index is -1.10. The molecule has 1 fully saturated rings. The Hall–Kier alpha value is -2.91. The van der Waals surface area contributed by atoms with Gasteiger partial charge in [0, 0.05) is 23.5 Å². The van der Waals surface area contributed by atoms with Crippen molar-refractivity contribution >= 4 is 28.7 Å². The maximum absolute atomic E-state index is 13.1. The highest BCUT2D eigenvalue weighted by Gasteiger charge is 2.30. The van der Waals surface area contributed by atoms with Crippen LogP contribution in [0.1, 0.15) is 37.7 Å². The number of unbranched alkanes of at least 4 members (excludes halogenated alkanes) is 1. The average molecular weight is 430 g/mol. The van der Waals surface area contributed by atoms with Gasteiger partial charge in [-0.05, 0) is 56.8 Å². The van der Waals surface area contributed by atoms with E-state index in [4.69, 9.17) is 5.73 Å². The summed E-state index contributed by atoms with van der Waals surface area (Å²) in [6, 6.07) is 5.47.